The van der Waals surface area contributed by atoms with Crippen molar-refractivity contribution in [3.8, 4) is 11.5 Å². The Morgan fingerprint density at radius 1 is 1.19 bits per heavy atom. The molecule has 0 fully saturated rings. The van der Waals surface area contributed by atoms with Crippen molar-refractivity contribution in [2.24, 2.45) is 0 Å². The molecular weight excluding hydrogens is 224 g/mol. The van der Waals surface area contributed by atoms with Gasteiger partial charge in [-0.2, -0.15) is 0 Å². The normalized spacial score (nSPS) is 9.88. The first kappa shape index (κ1) is 12.9. The molecule has 0 bridgehead atoms. The van der Waals surface area contributed by atoms with Crippen LogP contribution < -0.4 is 9.47 Å². The summed E-state index contributed by atoms with van der Waals surface area (Å²) < 4.78 is 10.9. The van der Waals surface area contributed by atoms with E-state index < -0.39 is 0 Å². The first-order chi connectivity index (χ1) is 7.76. The van der Waals surface area contributed by atoms with E-state index in [4.69, 9.17) is 21.1 Å². The standard InChI is InChI=1S/C13H17ClO2/c1-3-8-15-12-4-6-13(7-5-12)16-10-11(2)9-14/h4-7H,2-3,8-10H2,1H3. The molecule has 0 N–H and O–H groups in total. The second-order valence-electron chi connectivity index (χ2n) is 3.49. The van der Waals surface area contributed by atoms with E-state index in [9.17, 15) is 0 Å². The van der Waals surface area contributed by atoms with Gasteiger partial charge in [-0.15, -0.1) is 11.6 Å². The van der Waals surface area contributed by atoms with Crippen molar-refractivity contribution in [3.63, 3.8) is 0 Å². The zero-order valence-corrected chi connectivity index (χ0v) is 10.3. The molecule has 0 amide bonds. The smallest absolute Gasteiger partial charge is 0.120 e. The van der Waals surface area contributed by atoms with Gasteiger partial charge in [-0.3, -0.25) is 0 Å². The molecule has 0 heterocycles. The van der Waals surface area contributed by atoms with E-state index in [2.05, 4.69) is 13.5 Å². The summed E-state index contributed by atoms with van der Waals surface area (Å²) in [4.78, 5) is 0. The van der Waals surface area contributed by atoms with Crippen LogP contribution in [0.3, 0.4) is 0 Å². The summed E-state index contributed by atoms with van der Waals surface area (Å²) in [5.41, 5.74) is 0.868. The highest BCUT2D eigenvalue weighted by atomic mass is 35.5. The summed E-state index contributed by atoms with van der Waals surface area (Å²) in [6.45, 7) is 7.04. The van der Waals surface area contributed by atoms with Crippen LogP contribution in [0.25, 0.3) is 0 Å². The predicted molar refractivity (Wildman–Crippen MR) is 67.6 cm³/mol. The van der Waals surface area contributed by atoms with Crippen molar-refractivity contribution >= 4 is 11.6 Å². The van der Waals surface area contributed by atoms with E-state index >= 15 is 0 Å². The molecule has 0 unspecified atom stereocenters. The van der Waals surface area contributed by atoms with Crippen molar-refractivity contribution in [2.45, 2.75) is 13.3 Å². The van der Waals surface area contributed by atoms with E-state index in [1.807, 2.05) is 24.3 Å². The molecule has 0 spiro atoms. The Hall–Kier alpha value is -1.15. The van der Waals surface area contributed by atoms with Gasteiger partial charge in [-0.05, 0) is 36.3 Å². The summed E-state index contributed by atoms with van der Waals surface area (Å²) in [7, 11) is 0. The van der Waals surface area contributed by atoms with E-state index in [0.717, 1.165) is 30.1 Å². The van der Waals surface area contributed by atoms with Crippen molar-refractivity contribution in [2.75, 3.05) is 19.1 Å². The van der Waals surface area contributed by atoms with Gasteiger partial charge in [0.25, 0.3) is 0 Å². The van der Waals surface area contributed by atoms with E-state index in [1.165, 1.54) is 0 Å². The average Bonchev–Trinajstić information content (AvgIpc) is 2.34. The number of benzene rings is 1. The van der Waals surface area contributed by atoms with Crippen LogP contribution in [0.15, 0.2) is 36.4 Å². The molecule has 1 rings (SSSR count). The van der Waals surface area contributed by atoms with Gasteiger partial charge in [0.2, 0.25) is 0 Å². The van der Waals surface area contributed by atoms with E-state index in [0.29, 0.717) is 12.5 Å². The van der Waals surface area contributed by atoms with Crippen LogP contribution >= 0.6 is 11.6 Å². The number of rotatable bonds is 7. The first-order valence-corrected chi connectivity index (χ1v) is 5.88. The van der Waals surface area contributed by atoms with Crippen LogP contribution in [-0.4, -0.2) is 19.1 Å². The van der Waals surface area contributed by atoms with Crippen molar-refractivity contribution in [1.82, 2.24) is 0 Å². The fraction of sp³-hybridized carbons (Fsp3) is 0.385. The molecule has 0 aliphatic heterocycles. The average molecular weight is 241 g/mol. The Balaban J connectivity index is 2.41. The minimum atomic E-state index is 0.428. The van der Waals surface area contributed by atoms with Crippen LogP contribution in [0, 0.1) is 0 Å². The van der Waals surface area contributed by atoms with Crippen molar-refractivity contribution in [1.29, 1.82) is 0 Å². The van der Waals surface area contributed by atoms with Gasteiger partial charge >= 0.3 is 0 Å². The number of hydrogen-bond acceptors (Lipinski definition) is 2. The molecular formula is C13H17ClO2. The van der Waals surface area contributed by atoms with Crippen LogP contribution in [-0.2, 0) is 0 Å². The van der Waals surface area contributed by atoms with Gasteiger partial charge in [-0.1, -0.05) is 13.5 Å². The Bertz CT molecular complexity index is 319. The van der Waals surface area contributed by atoms with Crippen LogP contribution in [0.2, 0.25) is 0 Å². The lowest BCUT2D eigenvalue weighted by molar-refractivity contribution is 0.315. The van der Waals surface area contributed by atoms with Gasteiger partial charge in [0.15, 0.2) is 0 Å². The number of alkyl halides is 1. The van der Waals surface area contributed by atoms with E-state index in [1.54, 1.807) is 0 Å². The van der Waals surface area contributed by atoms with Crippen molar-refractivity contribution < 1.29 is 9.47 Å². The van der Waals surface area contributed by atoms with Crippen LogP contribution in [0.1, 0.15) is 13.3 Å². The lowest BCUT2D eigenvalue weighted by Crippen LogP contribution is -2.01. The Kier molecular flexibility index (Phi) is 5.79. The zero-order chi connectivity index (χ0) is 11.8. The molecule has 0 atom stereocenters. The molecule has 88 valence electrons. The number of halogens is 1. The van der Waals surface area contributed by atoms with Gasteiger partial charge in [0.1, 0.15) is 18.1 Å². The summed E-state index contributed by atoms with van der Waals surface area (Å²) >= 11 is 5.60. The lowest BCUT2D eigenvalue weighted by Gasteiger charge is -2.08. The third-order valence-electron chi connectivity index (χ3n) is 1.93. The number of hydrogen-bond donors (Lipinski definition) is 0. The molecule has 0 radical (unpaired) electrons. The maximum absolute atomic E-state index is 5.60. The molecule has 1 aromatic carbocycles. The minimum absolute atomic E-state index is 0.428. The Morgan fingerprint density at radius 3 is 2.25 bits per heavy atom. The van der Waals surface area contributed by atoms with Crippen LogP contribution in [0.5, 0.6) is 11.5 Å². The monoisotopic (exact) mass is 240 g/mol. The van der Waals surface area contributed by atoms with Gasteiger partial charge in [0.05, 0.1) is 6.61 Å². The maximum Gasteiger partial charge on any atom is 0.120 e. The SMILES string of the molecule is C=C(CCl)COc1ccc(OCCC)cc1. The maximum atomic E-state index is 5.60. The molecule has 16 heavy (non-hydrogen) atoms. The van der Waals surface area contributed by atoms with E-state index in [-0.39, 0.29) is 0 Å². The highest BCUT2D eigenvalue weighted by molar-refractivity contribution is 6.19. The summed E-state index contributed by atoms with van der Waals surface area (Å²) in [5, 5.41) is 0. The Morgan fingerprint density at radius 2 is 1.75 bits per heavy atom. The second kappa shape index (κ2) is 7.18. The zero-order valence-electron chi connectivity index (χ0n) is 9.54. The molecule has 0 saturated heterocycles. The lowest BCUT2D eigenvalue weighted by atomic mass is 10.3. The quantitative estimate of drug-likeness (QED) is 0.535. The summed E-state index contributed by atoms with van der Waals surface area (Å²) in [5.74, 6) is 2.10. The highest BCUT2D eigenvalue weighted by Crippen LogP contribution is 2.18. The minimum Gasteiger partial charge on any atom is -0.494 e. The first-order valence-electron chi connectivity index (χ1n) is 5.34. The molecule has 0 saturated carbocycles. The predicted octanol–water partition coefficient (Wildman–Crippen LogP) is 3.65. The molecule has 2 nitrogen and oxygen atoms in total. The molecule has 1 aromatic rings. The molecule has 0 aliphatic carbocycles. The topological polar surface area (TPSA) is 18.5 Å². The second-order valence-corrected chi connectivity index (χ2v) is 3.76. The number of ether oxygens (including phenoxy) is 2. The largest absolute Gasteiger partial charge is 0.494 e. The van der Waals surface area contributed by atoms with Crippen molar-refractivity contribution in [3.05, 3.63) is 36.4 Å². The van der Waals surface area contributed by atoms with Gasteiger partial charge in [-0.25, -0.2) is 0 Å². The molecule has 0 aromatic heterocycles. The summed E-state index contributed by atoms with van der Waals surface area (Å²) in [6, 6.07) is 7.56. The fourth-order valence-electron chi connectivity index (χ4n) is 1.08. The Labute approximate surface area is 102 Å². The third kappa shape index (κ3) is 4.58. The fourth-order valence-corrected chi connectivity index (χ4v) is 1.15. The third-order valence-corrected chi connectivity index (χ3v) is 2.31. The summed E-state index contributed by atoms with van der Waals surface area (Å²) in [6.07, 6.45) is 1.01. The van der Waals surface area contributed by atoms with Gasteiger partial charge in [0, 0.05) is 5.88 Å². The van der Waals surface area contributed by atoms with Gasteiger partial charge < -0.3 is 9.47 Å². The highest BCUT2D eigenvalue weighted by Gasteiger charge is 1.97. The van der Waals surface area contributed by atoms with Crippen LogP contribution in [0.4, 0.5) is 0 Å². The molecule has 3 heteroatoms. The molecule has 0 aliphatic rings.